The van der Waals surface area contributed by atoms with Crippen LogP contribution in [0, 0.1) is 32.5 Å². The van der Waals surface area contributed by atoms with E-state index in [1.807, 2.05) is 0 Å². The molecule has 0 rings (SSSR count). The highest BCUT2D eigenvalue weighted by Crippen LogP contribution is 2.64. The lowest BCUT2D eigenvalue weighted by Crippen LogP contribution is -2.59. The van der Waals surface area contributed by atoms with E-state index in [9.17, 15) is 57.5 Å². The van der Waals surface area contributed by atoms with Crippen LogP contribution in [0.4, 0.5) is 39.5 Å². The number of nitrogens with one attached hydrogen (secondary N) is 1. The summed E-state index contributed by atoms with van der Waals surface area (Å²) in [6.07, 6.45) is -16.2. The van der Waals surface area contributed by atoms with Gasteiger partial charge in [0.1, 0.15) is 6.61 Å². The monoisotopic (exact) mass is 751 g/mol. The minimum atomic E-state index is -5.95. The van der Waals surface area contributed by atoms with Crippen molar-refractivity contribution in [1.82, 2.24) is 4.72 Å². The molecule has 0 aliphatic rings. The number of carbonyl (C=O) groups is 2. The maximum Gasteiger partial charge on any atom is 0.511 e. The van der Waals surface area contributed by atoms with Crippen LogP contribution in [0.5, 0.6) is 0 Å². The van der Waals surface area contributed by atoms with Gasteiger partial charge in [0.2, 0.25) is 0 Å². The molecule has 7 nitrogen and oxygen atoms in total. The highest BCUT2D eigenvalue weighted by Gasteiger charge is 2.65. The van der Waals surface area contributed by atoms with E-state index in [1.165, 1.54) is 32.4 Å². The number of sulfonamides is 1. The molecule has 0 aromatic carbocycles. The van der Waals surface area contributed by atoms with Crippen LogP contribution >= 0.6 is 0 Å². The molecule has 4 atom stereocenters. The first-order valence-electron chi connectivity index (χ1n) is 15.7. The number of esters is 2. The Morgan fingerprint density at radius 3 is 1.39 bits per heavy atom. The Hall–Kier alpha value is -1.78. The Bertz CT molecular complexity index is 1270. The molecule has 49 heavy (non-hydrogen) atoms. The van der Waals surface area contributed by atoms with Gasteiger partial charge in [0.25, 0.3) is 6.10 Å². The number of carbonyl (C=O) groups excluding carboxylic acids is 2. The summed E-state index contributed by atoms with van der Waals surface area (Å²) in [6, 6.07) is 0. The second kappa shape index (κ2) is 14.3. The fraction of sp³-hybridized carbons (Fsp3) is 0.938. The lowest BCUT2D eigenvalue weighted by Gasteiger charge is -2.59. The summed E-state index contributed by atoms with van der Waals surface area (Å²) in [4.78, 5) is 27.8. The average molecular weight is 752 g/mol. The lowest BCUT2D eigenvalue weighted by atomic mass is 9.44. The summed E-state index contributed by atoms with van der Waals surface area (Å²) >= 11 is 0. The van der Waals surface area contributed by atoms with Crippen molar-refractivity contribution in [2.24, 2.45) is 32.5 Å². The van der Waals surface area contributed by atoms with Crippen molar-refractivity contribution in [3.63, 3.8) is 0 Å². The van der Waals surface area contributed by atoms with Crippen molar-refractivity contribution >= 4 is 22.0 Å². The van der Waals surface area contributed by atoms with Gasteiger partial charge >= 0.3 is 39.8 Å². The number of halogens is 9. The molecule has 0 aliphatic carbocycles. The molecule has 292 valence electrons. The highest BCUT2D eigenvalue weighted by atomic mass is 32.2. The van der Waals surface area contributed by atoms with E-state index in [0.29, 0.717) is 0 Å². The molecule has 0 saturated carbocycles. The number of ether oxygens (including phenoxy) is 2. The van der Waals surface area contributed by atoms with Gasteiger partial charge in [-0.15, -0.1) is 0 Å². The fourth-order valence-electron chi connectivity index (χ4n) is 6.58. The fourth-order valence-corrected chi connectivity index (χ4v) is 7.49. The maximum absolute atomic E-state index is 14.2. The molecular weight excluding hydrogens is 697 g/mol. The molecule has 1 N–H and O–H groups in total. The van der Waals surface area contributed by atoms with Crippen LogP contribution < -0.4 is 4.72 Å². The van der Waals surface area contributed by atoms with Gasteiger partial charge in [-0.1, -0.05) is 75.7 Å². The molecular formula is C32H54F9NO6S. The van der Waals surface area contributed by atoms with E-state index >= 15 is 0 Å². The van der Waals surface area contributed by atoms with Crippen molar-refractivity contribution in [1.29, 1.82) is 0 Å². The number of alkyl halides is 9. The van der Waals surface area contributed by atoms with Gasteiger partial charge in [-0.25, -0.2) is 8.42 Å². The van der Waals surface area contributed by atoms with Crippen LogP contribution in [0.1, 0.15) is 123 Å². The lowest BCUT2D eigenvalue weighted by molar-refractivity contribution is -0.317. The summed E-state index contributed by atoms with van der Waals surface area (Å²) in [5.41, 5.74) is -15.5. The number of hydrogen-bond acceptors (Lipinski definition) is 6. The minimum Gasteiger partial charge on any atom is -0.463 e. The molecule has 0 saturated heterocycles. The van der Waals surface area contributed by atoms with Crippen LogP contribution in [0.3, 0.4) is 0 Å². The summed E-state index contributed by atoms with van der Waals surface area (Å²) < 4.78 is 155. The maximum atomic E-state index is 14.2. The summed E-state index contributed by atoms with van der Waals surface area (Å²) in [7, 11) is -5.82. The van der Waals surface area contributed by atoms with E-state index in [2.05, 4.69) is 4.74 Å². The predicted molar refractivity (Wildman–Crippen MR) is 166 cm³/mol. The minimum absolute atomic E-state index is 0.0639. The smallest absolute Gasteiger partial charge is 0.463 e. The highest BCUT2D eigenvalue weighted by molar-refractivity contribution is 7.90. The third-order valence-corrected chi connectivity index (χ3v) is 11.8. The van der Waals surface area contributed by atoms with Crippen LogP contribution in [-0.4, -0.2) is 56.5 Å². The standard InChI is InChI=1S/C32H54F9NO6S/c1-15-26(11,18-27(12,24(6,7)8)22(44)48-20(30(33,34)35)31(36,37)38)29(14,16-2)28(13,17-23(3,4)5)21(43)47-19-25(9,10)42-49(45,46)32(39,40)41/h20,42H,15-19H2,1-14H3. The van der Waals surface area contributed by atoms with E-state index in [-0.39, 0.29) is 25.7 Å². The summed E-state index contributed by atoms with van der Waals surface area (Å²) in [6.45, 7) is 20.6. The quantitative estimate of drug-likeness (QED) is 0.140. The second-order valence-corrected chi connectivity index (χ2v) is 18.5. The van der Waals surface area contributed by atoms with E-state index in [1.54, 1.807) is 55.4 Å². The van der Waals surface area contributed by atoms with Gasteiger partial charge in [-0.05, 0) is 68.6 Å². The van der Waals surface area contributed by atoms with Gasteiger partial charge in [0, 0.05) is 0 Å². The first-order valence-corrected chi connectivity index (χ1v) is 17.2. The van der Waals surface area contributed by atoms with Gasteiger partial charge in [0.15, 0.2) is 0 Å². The topological polar surface area (TPSA) is 98.8 Å². The van der Waals surface area contributed by atoms with Crippen molar-refractivity contribution < 1.29 is 67.0 Å². The SMILES string of the molecule is CCC(C)(CC(C)(C(=O)OC(C(F)(F)F)C(F)(F)F)C(C)(C)C)C(C)(CC)C(C)(CC(C)(C)C)C(=O)OCC(C)(C)NS(=O)(=O)C(F)(F)F. The van der Waals surface area contributed by atoms with Crippen molar-refractivity contribution in [2.75, 3.05) is 6.61 Å². The molecule has 17 heteroatoms. The molecule has 0 radical (unpaired) electrons. The van der Waals surface area contributed by atoms with Gasteiger partial charge < -0.3 is 9.47 Å². The predicted octanol–water partition coefficient (Wildman–Crippen LogP) is 9.50. The molecule has 0 aliphatic heterocycles. The van der Waals surface area contributed by atoms with Crippen LogP contribution in [0.2, 0.25) is 0 Å². The van der Waals surface area contributed by atoms with E-state index < -0.39 is 90.6 Å². The van der Waals surface area contributed by atoms with Crippen molar-refractivity contribution in [3.8, 4) is 0 Å². The average Bonchev–Trinajstić information content (AvgIpc) is 2.84. The van der Waals surface area contributed by atoms with Gasteiger partial charge in [-0.2, -0.15) is 44.2 Å². The zero-order chi connectivity index (χ0) is 39.9. The largest absolute Gasteiger partial charge is 0.511 e. The summed E-state index contributed by atoms with van der Waals surface area (Å²) in [5, 5.41) is 0. The van der Waals surface area contributed by atoms with Gasteiger partial charge in [-0.3, -0.25) is 9.59 Å². The number of rotatable bonds is 14. The Labute approximate surface area is 284 Å². The van der Waals surface area contributed by atoms with Crippen molar-refractivity contribution in [2.45, 2.75) is 152 Å². The zero-order valence-electron chi connectivity index (χ0n) is 30.9. The third kappa shape index (κ3) is 10.6. The molecule has 0 bridgehead atoms. The molecule has 0 aromatic heterocycles. The first-order chi connectivity index (χ1) is 21.1. The van der Waals surface area contributed by atoms with E-state index in [4.69, 9.17) is 4.74 Å². The van der Waals surface area contributed by atoms with Crippen molar-refractivity contribution in [3.05, 3.63) is 0 Å². The molecule has 0 amide bonds. The third-order valence-electron chi connectivity index (χ3n) is 10.3. The normalized spacial score (nSPS) is 19.3. The van der Waals surface area contributed by atoms with Crippen LogP contribution in [0.25, 0.3) is 0 Å². The molecule has 4 unspecified atom stereocenters. The first kappa shape index (κ1) is 47.2. The van der Waals surface area contributed by atoms with E-state index in [0.717, 1.165) is 13.8 Å². The molecule has 0 fully saturated rings. The van der Waals surface area contributed by atoms with Gasteiger partial charge in [0.05, 0.1) is 16.4 Å². The summed E-state index contributed by atoms with van der Waals surface area (Å²) in [5.74, 6) is -2.67. The second-order valence-electron chi connectivity index (χ2n) is 16.8. The van der Waals surface area contributed by atoms with Crippen LogP contribution in [-0.2, 0) is 29.1 Å². The Morgan fingerprint density at radius 2 is 1.08 bits per heavy atom. The molecule has 0 heterocycles. The van der Waals surface area contributed by atoms with Crippen LogP contribution in [0.15, 0.2) is 0 Å². The Morgan fingerprint density at radius 1 is 0.653 bits per heavy atom. The number of hydrogen-bond donors (Lipinski definition) is 1. The Balaban J connectivity index is 7.28. The zero-order valence-corrected chi connectivity index (χ0v) is 31.7. The Kier molecular flexibility index (Phi) is 13.8. The molecule has 0 aromatic rings. The molecule has 0 spiro atoms.